The lowest BCUT2D eigenvalue weighted by atomic mass is 10.1. The second kappa shape index (κ2) is 6.84. The highest BCUT2D eigenvalue weighted by atomic mass is 32.2. The predicted octanol–water partition coefficient (Wildman–Crippen LogP) is 0.999. The third kappa shape index (κ3) is 4.20. The number of amides is 1. The molecule has 1 fully saturated rings. The number of sulfonamides is 1. The van der Waals surface area contributed by atoms with Crippen LogP contribution < -0.4 is 4.90 Å². The lowest BCUT2D eigenvalue weighted by Gasteiger charge is -2.22. The monoisotopic (exact) mass is 343 g/mol. The standard InChI is InChI=1S/C15H22FN3O3S/c1-17(2)14-6-5-12(11-13(14)16)15(20)18-7-4-8-19(10-9-18)23(3,21)22/h5-6,11H,4,7-10H2,1-3H3. The molecule has 1 heterocycles. The Labute approximate surface area is 136 Å². The summed E-state index contributed by atoms with van der Waals surface area (Å²) in [6.45, 7) is 1.43. The van der Waals surface area contributed by atoms with Crippen LogP contribution in [0.2, 0.25) is 0 Å². The van der Waals surface area contributed by atoms with Crippen LogP contribution in [0.5, 0.6) is 0 Å². The molecule has 0 atom stereocenters. The van der Waals surface area contributed by atoms with E-state index in [0.717, 1.165) is 0 Å². The van der Waals surface area contributed by atoms with Crippen molar-refractivity contribution in [2.24, 2.45) is 0 Å². The molecule has 0 unspecified atom stereocenters. The molecule has 1 aliphatic heterocycles. The number of carbonyl (C=O) groups excluding carboxylic acids is 1. The highest BCUT2D eigenvalue weighted by Gasteiger charge is 2.24. The number of halogens is 1. The van der Waals surface area contributed by atoms with E-state index in [1.54, 1.807) is 36.0 Å². The quantitative estimate of drug-likeness (QED) is 0.821. The van der Waals surface area contributed by atoms with E-state index in [0.29, 0.717) is 31.7 Å². The molecule has 0 bridgehead atoms. The zero-order chi connectivity index (χ0) is 17.2. The summed E-state index contributed by atoms with van der Waals surface area (Å²) in [5.74, 6) is -0.724. The summed E-state index contributed by atoms with van der Waals surface area (Å²) in [5, 5.41) is 0. The van der Waals surface area contributed by atoms with E-state index >= 15 is 0 Å². The molecular weight excluding hydrogens is 321 g/mol. The van der Waals surface area contributed by atoms with Gasteiger partial charge in [0.1, 0.15) is 5.82 Å². The van der Waals surface area contributed by atoms with Gasteiger partial charge < -0.3 is 9.80 Å². The van der Waals surface area contributed by atoms with E-state index in [1.165, 1.54) is 16.6 Å². The highest BCUT2D eigenvalue weighted by molar-refractivity contribution is 7.88. The SMILES string of the molecule is CN(C)c1ccc(C(=O)N2CCCN(S(C)(=O)=O)CC2)cc1F. The molecule has 2 rings (SSSR count). The zero-order valence-electron chi connectivity index (χ0n) is 13.6. The highest BCUT2D eigenvalue weighted by Crippen LogP contribution is 2.20. The lowest BCUT2D eigenvalue weighted by Crippen LogP contribution is -2.37. The van der Waals surface area contributed by atoms with Crippen molar-refractivity contribution < 1.29 is 17.6 Å². The Bertz CT molecular complexity index is 691. The number of hydrogen-bond acceptors (Lipinski definition) is 4. The second-order valence-corrected chi connectivity index (χ2v) is 7.85. The lowest BCUT2D eigenvalue weighted by molar-refractivity contribution is 0.0764. The largest absolute Gasteiger partial charge is 0.375 e. The van der Waals surface area contributed by atoms with E-state index in [-0.39, 0.29) is 18.0 Å². The van der Waals surface area contributed by atoms with Gasteiger partial charge in [-0.15, -0.1) is 0 Å². The number of nitrogens with zero attached hydrogens (tertiary/aromatic N) is 3. The number of hydrogen-bond donors (Lipinski definition) is 0. The molecule has 23 heavy (non-hydrogen) atoms. The van der Waals surface area contributed by atoms with Crippen LogP contribution in [0, 0.1) is 5.82 Å². The van der Waals surface area contributed by atoms with Crippen LogP contribution in [0.25, 0.3) is 0 Å². The van der Waals surface area contributed by atoms with Gasteiger partial charge in [0, 0.05) is 45.8 Å². The average Bonchev–Trinajstić information content (AvgIpc) is 2.71. The summed E-state index contributed by atoms with van der Waals surface area (Å²) in [4.78, 5) is 15.7. The van der Waals surface area contributed by atoms with E-state index in [1.807, 2.05) is 0 Å². The molecule has 1 aromatic carbocycles. The Morgan fingerprint density at radius 3 is 2.43 bits per heavy atom. The molecule has 0 N–H and O–H groups in total. The molecule has 0 radical (unpaired) electrons. The molecule has 0 aromatic heterocycles. The average molecular weight is 343 g/mol. The summed E-state index contributed by atoms with van der Waals surface area (Å²) in [6.07, 6.45) is 1.73. The third-order valence-corrected chi connectivity index (χ3v) is 5.19. The van der Waals surface area contributed by atoms with E-state index < -0.39 is 15.8 Å². The molecule has 0 spiro atoms. The van der Waals surface area contributed by atoms with Crippen molar-refractivity contribution in [2.45, 2.75) is 6.42 Å². The van der Waals surface area contributed by atoms with Gasteiger partial charge in [0.25, 0.3) is 5.91 Å². The van der Waals surface area contributed by atoms with E-state index in [4.69, 9.17) is 0 Å². The van der Waals surface area contributed by atoms with Crippen molar-refractivity contribution in [1.29, 1.82) is 0 Å². The fourth-order valence-corrected chi connectivity index (χ4v) is 3.49. The molecular formula is C15H22FN3O3S. The summed E-state index contributed by atoms with van der Waals surface area (Å²) in [7, 11) is 0.206. The molecule has 6 nitrogen and oxygen atoms in total. The number of anilines is 1. The van der Waals surface area contributed by atoms with Crippen molar-refractivity contribution in [3.63, 3.8) is 0 Å². The molecule has 8 heteroatoms. The summed E-state index contributed by atoms with van der Waals surface area (Å²) in [5.41, 5.74) is 0.696. The van der Waals surface area contributed by atoms with E-state index in [9.17, 15) is 17.6 Å². The van der Waals surface area contributed by atoms with Crippen LogP contribution in [0.4, 0.5) is 10.1 Å². The van der Waals surface area contributed by atoms with Gasteiger partial charge in [0.05, 0.1) is 11.9 Å². The minimum Gasteiger partial charge on any atom is -0.375 e. The van der Waals surface area contributed by atoms with Crippen LogP contribution in [0.3, 0.4) is 0 Å². The van der Waals surface area contributed by atoms with Gasteiger partial charge in [-0.1, -0.05) is 0 Å². The van der Waals surface area contributed by atoms with Gasteiger partial charge in [0.2, 0.25) is 10.0 Å². The van der Waals surface area contributed by atoms with Crippen molar-refractivity contribution in [3.05, 3.63) is 29.6 Å². The number of benzene rings is 1. The summed E-state index contributed by atoms with van der Waals surface area (Å²) in [6, 6.07) is 4.40. The maximum absolute atomic E-state index is 14.0. The normalized spacial score (nSPS) is 17.0. The minimum absolute atomic E-state index is 0.267. The van der Waals surface area contributed by atoms with Crippen LogP contribution in [0.1, 0.15) is 16.8 Å². The Balaban J connectivity index is 2.13. The maximum Gasteiger partial charge on any atom is 0.254 e. The predicted molar refractivity (Wildman–Crippen MR) is 87.7 cm³/mol. The van der Waals surface area contributed by atoms with Crippen LogP contribution in [-0.4, -0.2) is 70.1 Å². The maximum atomic E-state index is 14.0. The topological polar surface area (TPSA) is 60.9 Å². The van der Waals surface area contributed by atoms with Gasteiger partial charge in [-0.25, -0.2) is 17.1 Å². The van der Waals surface area contributed by atoms with Gasteiger partial charge in [-0.3, -0.25) is 4.79 Å². The smallest absolute Gasteiger partial charge is 0.254 e. The molecule has 0 aliphatic carbocycles. The van der Waals surface area contributed by atoms with E-state index in [2.05, 4.69) is 0 Å². The summed E-state index contributed by atoms with van der Waals surface area (Å²) >= 11 is 0. The Morgan fingerprint density at radius 1 is 1.17 bits per heavy atom. The van der Waals surface area contributed by atoms with Gasteiger partial charge in [0.15, 0.2) is 0 Å². The van der Waals surface area contributed by atoms with Crippen LogP contribution in [0.15, 0.2) is 18.2 Å². The van der Waals surface area contributed by atoms with Crippen molar-refractivity contribution >= 4 is 21.6 Å². The third-order valence-electron chi connectivity index (χ3n) is 3.89. The molecule has 128 valence electrons. The molecule has 0 saturated carbocycles. The molecule has 1 amide bonds. The minimum atomic E-state index is -3.25. The van der Waals surface area contributed by atoms with Gasteiger partial charge in [-0.05, 0) is 24.6 Å². The fraction of sp³-hybridized carbons (Fsp3) is 0.533. The molecule has 1 aromatic rings. The summed E-state index contributed by atoms with van der Waals surface area (Å²) < 4.78 is 38.6. The first-order valence-corrected chi connectivity index (χ1v) is 9.26. The Hall–Kier alpha value is -1.67. The first-order chi connectivity index (χ1) is 10.7. The first kappa shape index (κ1) is 17.7. The van der Waals surface area contributed by atoms with Crippen LogP contribution in [-0.2, 0) is 10.0 Å². The van der Waals surface area contributed by atoms with Crippen molar-refractivity contribution in [2.75, 3.05) is 51.4 Å². The van der Waals surface area contributed by atoms with Gasteiger partial charge in [-0.2, -0.15) is 0 Å². The fourth-order valence-electron chi connectivity index (χ4n) is 2.61. The Kier molecular flexibility index (Phi) is 5.26. The molecule has 1 saturated heterocycles. The number of rotatable bonds is 3. The molecule has 1 aliphatic rings. The zero-order valence-corrected chi connectivity index (χ0v) is 14.4. The van der Waals surface area contributed by atoms with Crippen molar-refractivity contribution in [1.82, 2.24) is 9.21 Å². The number of carbonyl (C=O) groups is 1. The second-order valence-electron chi connectivity index (χ2n) is 5.87. The van der Waals surface area contributed by atoms with Crippen molar-refractivity contribution in [3.8, 4) is 0 Å². The Morgan fingerprint density at radius 2 is 1.87 bits per heavy atom. The van der Waals surface area contributed by atoms with Crippen LogP contribution >= 0.6 is 0 Å². The van der Waals surface area contributed by atoms with Gasteiger partial charge >= 0.3 is 0 Å². The first-order valence-electron chi connectivity index (χ1n) is 7.41.